The first kappa shape index (κ1) is 32.3. The Balaban J connectivity index is 1.21. The van der Waals surface area contributed by atoms with E-state index >= 15 is 0 Å². The van der Waals surface area contributed by atoms with Gasteiger partial charge in [-0.2, -0.15) is 4.98 Å². The van der Waals surface area contributed by atoms with Gasteiger partial charge in [0.05, 0.1) is 34.8 Å². The van der Waals surface area contributed by atoms with E-state index in [-0.39, 0.29) is 5.91 Å². The Morgan fingerprint density at radius 3 is 2.52 bits per heavy atom. The second-order valence-corrected chi connectivity index (χ2v) is 15.0. The number of methoxy groups -OCH3 is 1. The number of anilines is 5. The molecule has 242 valence electrons. The summed E-state index contributed by atoms with van der Waals surface area (Å²) >= 11 is 3.63. The molecule has 2 fully saturated rings. The monoisotopic (exact) mass is 705 g/mol. The summed E-state index contributed by atoms with van der Waals surface area (Å²) in [5, 5.41) is 8.09. The molecule has 6 rings (SSSR count). The van der Waals surface area contributed by atoms with Crippen LogP contribution in [0.15, 0.2) is 47.3 Å². The van der Waals surface area contributed by atoms with Gasteiger partial charge in [-0.15, -0.1) is 0 Å². The smallest absolute Gasteiger partial charge is 0.236 e. The van der Waals surface area contributed by atoms with Gasteiger partial charge in [0.25, 0.3) is 0 Å². The van der Waals surface area contributed by atoms with Gasteiger partial charge in [0, 0.05) is 80.6 Å². The molecule has 0 spiro atoms. The zero-order valence-electron chi connectivity index (χ0n) is 27.0. The van der Waals surface area contributed by atoms with Gasteiger partial charge in [-0.25, -0.2) is 4.98 Å². The number of nitrogens with zero attached hydrogens (tertiary/aromatic N) is 7. The number of piperazine rings is 1. The first-order valence-corrected chi connectivity index (χ1v) is 18.7. The number of nitrogens with one attached hydrogen (secondary N) is 2. The highest BCUT2D eigenvalue weighted by molar-refractivity contribution is 9.10. The maximum absolute atomic E-state index is 12.3. The number of benzene rings is 2. The van der Waals surface area contributed by atoms with Crippen molar-refractivity contribution in [1.82, 2.24) is 29.7 Å². The van der Waals surface area contributed by atoms with E-state index in [9.17, 15) is 4.79 Å². The predicted octanol–water partition coefficient (Wildman–Crippen LogP) is 5.35. The van der Waals surface area contributed by atoms with Crippen LogP contribution in [0.3, 0.4) is 0 Å². The van der Waals surface area contributed by atoms with Crippen LogP contribution in [0.2, 0.25) is 0 Å². The number of carbonyl (C=O) groups is 1. The largest absolute Gasteiger partial charge is 0.494 e. The van der Waals surface area contributed by atoms with E-state index in [2.05, 4.69) is 83.7 Å². The van der Waals surface area contributed by atoms with E-state index in [4.69, 9.17) is 9.72 Å². The van der Waals surface area contributed by atoms with Crippen molar-refractivity contribution in [3.63, 3.8) is 0 Å². The molecule has 2 aromatic carbocycles. The topological polar surface area (TPSA) is 112 Å². The molecule has 46 heavy (non-hydrogen) atoms. The minimum absolute atomic E-state index is 0.219. The molecule has 0 unspecified atom stereocenters. The molecule has 4 heterocycles. The molecule has 2 aromatic heterocycles. The molecular formula is C33H41BrN9O2P. The first-order valence-electron chi connectivity index (χ1n) is 15.7. The van der Waals surface area contributed by atoms with Crippen molar-refractivity contribution in [2.45, 2.75) is 32.2 Å². The molecule has 2 aliphatic heterocycles. The predicted molar refractivity (Wildman–Crippen MR) is 191 cm³/mol. The molecule has 0 atom stereocenters. The number of hydrogen-bond acceptors (Lipinski definition) is 10. The summed E-state index contributed by atoms with van der Waals surface area (Å²) in [6.45, 7) is 10.8. The van der Waals surface area contributed by atoms with Crippen molar-refractivity contribution >= 4 is 74.9 Å². The van der Waals surface area contributed by atoms with Crippen LogP contribution >= 0.6 is 23.9 Å². The Morgan fingerprint density at radius 2 is 1.80 bits per heavy atom. The molecule has 13 heteroatoms. The minimum atomic E-state index is -0.478. The highest BCUT2D eigenvalue weighted by atomic mass is 79.9. The minimum Gasteiger partial charge on any atom is -0.494 e. The Bertz CT molecular complexity index is 1730. The van der Waals surface area contributed by atoms with Gasteiger partial charge in [-0.05, 0) is 72.3 Å². The fourth-order valence-corrected chi connectivity index (χ4v) is 7.86. The van der Waals surface area contributed by atoms with Crippen molar-refractivity contribution in [2.75, 3.05) is 75.7 Å². The second kappa shape index (κ2) is 14.0. The van der Waals surface area contributed by atoms with Crippen molar-refractivity contribution < 1.29 is 9.53 Å². The van der Waals surface area contributed by atoms with Gasteiger partial charge < -0.3 is 25.2 Å². The first-order chi connectivity index (χ1) is 22.2. The Kier molecular flexibility index (Phi) is 9.86. The van der Waals surface area contributed by atoms with Crippen LogP contribution in [0.25, 0.3) is 11.0 Å². The average Bonchev–Trinajstić information content (AvgIpc) is 3.07. The number of fused-ring (bicyclic) bond motifs is 1. The Morgan fingerprint density at radius 1 is 1.02 bits per heavy atom. The van der Waals surface area contributed by atoms with Gasteiger partial charge in [0.15, 0.2) is 0 Å². The molecule has 0 saturated carbocycles. The summed E-state index contributed by atoms with van der Waals surface area (Å²) in [5.41, 5.74) is 5.97. The number of aryl methyl sites for hydroxylation is 1. The normalized spacial score (nSPS) is 16.4. The number of ether oxygens (including phenoxy) is 1. The van der Waals surface area contributed by atoms with Crippen LogP contribution < -0.4 is 25.6 Å². The van der Waals surface area contributed by atoms with Gasteiger partial charge in [-0.1, -0.05) is 14.8 Å². The molecular weight excluding hydrogens is 665 g/mol. The third-order valence-corrected chi connectivity index (χ3v) is 10.8. The lowest BCUT2D eigenvalue weighted by Gasteiger charge is -2.42. The summed E-state index contributed by atoms with van der Waals surface area (Å²) in [6.07, 6.45) is 8.15. The van der Waals surface area contributed by atoms with Crippen LogP contribution in [0.5, 0.6) is 5.75 Å². The third-order valence-electron chi connectivity index (χ3n) is 8.89. The van der Waals surface area contributed by atoms with E-state index in [0.29, 0.717) is 24.4 Å². The molecule has 1 amide bonds. The molecule has 0 aliphatic carbocycles. The maximum Gasteiger partial charge on any atom is 0.236 e. The molecule has 2 aliphatic rings. The van der Waals surface area contributed by atoms with Crippen LogP contribution in [-0.2, 0) is 11.2 Å². The van der Waals surface area contributed by atoms with Gasteiger partial charge in [0.1, 0.15) is 11.6 Å². The van der Waals surface area contributed by atoms with E-state index in [1.54, 1.807) is 25.7 Å². The number of amides is 1. The highest BCUT2D eigenvalue weighted by Gasteiger charge is 2.30. The van der Waals surface area contributed by atoms with Crippen LogP contribution in [0.4, 0.5) is 28.8 Å². The van der Waals surface area contributed by atoms with Gasteiger partial charge in [-0.3, -0.25) is 19.7 Å². The van der Waals surface area contributed by atoms with E-state index < -0.39 is 7.92 Å². The summed E-state index contributed by atoms with van der Waals surface area (Å²) < 4.78 is 6.64. The molecule has 2 N–H and O–H groups in total. The summed E-state index contributed by atoms with van der Waals surface area (Å²) in [4.78, 5) is 37.5. The SMILES string of the molecule is CCc1cc(Nc2ncc(Br)c(Nc3ccc4nccnc4c3P(C)C)n2)c(OC)cc1N1CCC(N2CCN(C)C(=O)C2)CC1. The van der Waals surface area contributed by atoms with Crippen molar-refractivity contribution in [3.05, 3.63) is 52.9 Å². The van der Waals surface area contributed by atoms with E-state index in [1.807, 2.05) is 24.1 Å². The zero-order chi connectivity index (χ0) is 32.4. The summed E-state index contributed by atoms with van der Waals surface area (Å²) in [5.74, 6) is 2.06. The van der Waals surface area contributed by atoms with E-state index in [1.165, 1.54) is 11.3 Å². The van der Waals surface area contributed by atoms with Crippen LogP contribution in [0.1, 0.15) is 25.3 Å². The number of carbonyl (C=O) groups excluding carboxylic acids is 1. The number of rotatable bonds is 9. The average molecular weight is 707 g/mol. The summed E-state index contributed by atoms with van der Waals surface area (Å²) in [7, 11) is 3.11. The van der Waals surface area contributed by atoms with Crippen molar-refractivity contribution in [1.29, 1.82) is 0 Å². The van der Waals surface area contributed by atoms with Crippen molar-refractivity contribution in [3.8, 4) is 5.75 Å². The fourth-order valence-electron chi connectivity index (χ4n) is 6.36. The standard InChI is InChI=1S/C33H41BrN9O2P/c1-6-21-17-26(28(45-3)18-27(21)42-13-9-22(10-14-42)43-16-15-41(2)29(44)20-43)39-33-37-19-23(34)32(40-33)38-25-8-7-24-30(31(25)46(4)5)36-12-11-35-24/h7-8,11-12,17-19,22H,6,9-10,13-16,20H2,1-5H3,(H2,37,38,39,40). The maximum atomic E-state index is 12.3. The lowest BCUT2D eigenvalue weighted by molar-refractivity contribution is -0.135. The number of hydrogen-bond donors (Lipinski definition) is 2. The number of piperidine rings is 1. The van der Waals surface area contributed by atoms with Gasteiger partial charge in [0.2, 0.25) is 11.9 Å². The third kappa shape index (κ3) is 6.75. The lowest BCUT2D eigenvalue weighted by atomic mass is 9.99. The Hall–Kier alpha value is -3.60. The Labute approximate surface area is 280 Å². The van der Waals surface area contributed by atoms with Crippen LogP contribution in [0, 0.1) is 0 Å². The molecule has 0 bridgehead atoms. The molecule has 4 aromatic rings. The number of likely N-dealkylation sites (N-methyl/N-ethyl adjacent to an activating group) is 1. The number of aromatic nitrogens is 4. The fraction of sp³-hybridized carbons (Fsp3) is 0.424. The number of halogens is 1. The molecule has 11 nitrogen and oxygen atoms in total. The molecule has 0 radical (unpaired) electrons. The molecule has 2 saturated heterocycles. The van der Waals surface area contributed by atoms with Crippen molar-refractivity contribution in [2.24, 2.45) is 0 Å². The van der Waals surface area contributed by atoms with Crippen LogP contribution in [-0.4, -0.2) is 102 Å². The van der Waals surface area contributed by atoms with Gasteiger partial charge >= 0.3 is 0 Å². The second-order valence-electron chi connectivity index (χ2n) is 12.0. The lowest BCUT2D eigenvalue weighted by Crippen LogP contribution is -2.54. The quantitative estimate of drug-likeness (QED) is 0.221. The summed E-state index contributed by atoms with van der Waals surface area (Å²) in [6, 6.07) is 8.75. The van der Waals surface area contributed by atoms with E-state index in [0.717, 1.165) is 83.4 Å². The highest BCUT2D eigenvalue weighted by Crippen LogP contribution is 2.38. The zero-order valence-corrected chi connectivity index (χ0v) is 29.5.